The molecule has 1 heterocycles. The maximum absolute atomic E-state index is 13.4. The molecule has 0 aliphatic heterocycles. The van der Waals surface area contributed by atoms with Crippen molar-refractivity contribution in [2.24, 2.45) is 0 Å². The first-order valence-electron chi connectivity index (χ1n) is 4.57. The Bertz CT molecular complexity index is 515. The maximum atomic E-state index is 13.4. The van der Waals surface area contributed by atoms with Crippen molar-refractivity contribution in [2.45, 2.75) is 6.10 Å². The number of rotatable bonds is 2. The van der Waals surface area contributed by atoms with E-state index in [1.807, 2.05) is 0 Å². The molecule has 90 valence electrons. The van der Waals surface area contributed by atoms with Crippen LogP contribution in [0.2, 0.25) is 0 Å². The van der Waals surface area contributed by atoms with Crippen molar-refractivity contribution in [2.75, 3.05) is 0 Å². The van der Waals surface area contributed by atoms with Crippen LogP contribution in [0.5, 0.6) is 0 Å². The van der Waals surface area contributed by atoms with Crippen LogP contribution in [-0.4, -0.2) is 5.11 Å². The third-order valence-corrected chi connectivity index (χ3v) is 3.92. The minimum Gasteiger partial charge on any atom is -0.450 e. The number of furan rings is 1. The van der Waals surface area contributed by atoms with E-state index in [1.165, 1.54) is 12.1 Å². The molecule has 1 N–H and O–H groups in total. The lowest BCUT2D eigenvalue weighted by Crippen LogP contribution is -2.04. The third-order valence-electron chi connectivity index (χ3n) is 2.21. The first kappa shape index (κ1) is 12.7. The highest BCUT2D eigenvalue weighted by molar-refractivity contribution is 9.13. The number of hydrogen-bond acceptors (Lipinski definition) is 2. The van der Waals surface area contributed by atoms with E-state index in [1.54, 1.807) is 0 Å². The summed E-state index contributed by atoms with van der Waals surface area (Å²) in [5.74, 6) is -1.59. The fraction of sp³-hybridized carbons (Fsp3) is 0.0909. The van der Waals surface area contributed by atoms with Crippen LogP contribution < -0.4 is 0 Å². The SMILES string of the molecule is OC(c1cc(Br)c(Br)o1)c1c(F)cccc1F. The molecule has 1 aromatic carbocycles. The molecule has 0 fully saturated rings. The highest BCUT2D eigenvalue weighted by atomic mass is 79.9. The van der Waals surface area contributed by atoms with E-state index in [0.717, 1.165) is 12.1 Å². The zero-order chi connectivity index (χ0) is 12.6. The molecule has 0 aliphatic carbocycles. The van der Waals surface area contributed by atoms with Crippen LogP contribution in [0.4, 0.5) is 8.78 Å². The van der Waals surface area contributed by atoms with Gasteiger partial charge in [0.05, 0.1) is 10.0 Å². The largest absolute Gasteiger partial charge is 0.450 e. The fourth-order valence-electron chi connectivity index (χ4n) is 1.41. The predicted octanol–water partition coefficient (Wildman–Crippen LogP) is 4.16. The summed E-state index contributed by atoms with van der Waals surface area (Å²) in [5, 5.41) is 9.88. The van der Waals surface area contributed by atoms with E-state index < -0.39 is 23.3 Å². The number of aliphatic hydroxyl groups is 1. The summed E-state index contributed by atoms with van der Waals surface area (Å²) in [7, 11) is 0. The predicted molar refractivity (Wildman–Crippen MR) is 64.5 cm³/mol. The lowest BCUT2D eigenvalue weighted by molar-refractivity contribution is 0.178. The fourth-order valence-corrected chi connectivity index (χ4v) is 2.02. The van der Waals surface area contributed by atoms with Crippen LogP contribution in [0.15, 0.2) is 37.8 Å². The summed E-state index contributed by atoms with van der Waals surface area (Å²) in [6.45, 7) is 0. The van der Waals surface area contributed by atoms with Crippen molar-refractivity contribution in [1.29, 1.82) is 0 Å². The average molecular weight is 368 g/mol. The Morgan fingerprint density at radius 1 is 1.18 bits per heavy atom. The van der Waals surface area contributed by atoms with E-state index in [-0.39, 0.29) is 5.76 Å². The number of hydrogen-bond donors (Lipinski definition) is 1. The van der Waals surface area contributed by atoms with Crippen LogP contribution in [0, 0.1) is 11.6 Å². The van der Waals surface area contributed by atoms with Gasteiger partial charge in [0.25, 0.3) is 0 Å². The Labute approximate surface area is 113 Å². The molecule has 2 rings (SSSR count). The molecular formula is C11H6Br2F2O2. The minimum atomic E-state index is -1.49. The molecule has 1 unspecified atom stereocenters. The second-order valence-electron chi connectivity index (χ2n) is 3.31. The van der Waals surface area contributed by atoms with Crippen LogP contribution in [0.3, 0.4) is 0 Å². The number of halogens is 4. The molecule has 0 aliphatic rings. The summed E-state index contributed by atoms with van der Waals surface area (Å²) >= 11 is 6.24. The van der Waals surface area contributed by atoms with Gasteiger partial charge in [-0.3, -0.25) is 0 Å². The van der Waals surface area contributed by atoms with Gasteiger partial charge in [-0.05, 0) is 50.1 Å². The molecule has 0 saturated heterocycles. The Hall–Kier alpha value is -0.720. The first-order chi connectivity index (χ1) is 8.00. The molecule has 0 amide bonds. The minimum absolute atomic E-state index is 0.0488. The smallest absolute Gasteiger partial charge is 0.183 e. The molecule has 6 heteroatoms. The van der Waals surface area contributed by atoms with Crippen LogP contribution in [0.1, 0.15) is 17.4 Å². The van der Waals surface area contributed by atoms with Crippen molar-refractivity contribution in [3.8, 4) is 0 Å². The topological polar surface area (TPSA) is 33.4 Å². The quantitative estimate of drug-likeness (QED) is 0.864. The van der Waals surface area contributed by atoms with Gasteiger partial charge in [0.2, 0.25) is 0 Å². The van der Waals surface area contributed by atoms with E-state index in [4.69, 9.17) is 4.42 Å². The van der Waals surface area contributed by atoms with Gasteiger partial charge in [-0.1, -0.05) is 6.07 Å². The molecule has 1 aromatic heterocycles. The van der Waals surface area contributed by atoms with E-state index in [2.05, 4.69) is 31.9 Å². The van der Waals surface area contributed by atoms with Crippen LogP contribution in [-0.2, 0) is 0 Å². The molecule has 0 saturated carbocycles. The van der Waals surface area contributed by atoms with Crippen LogP contribution >= 0.6 is 31.9 Å². The lowest BCUT2D eigenvalue weighted by Gasteiger charge is -2.09. The summed E-state index contributed by atoms with van der Waals surface area (Å²) in [6, 6.07) is 4.83. The number of aliphatic hydroxyl groups excluding tert-OH is 1. The Morgan fingerprint density at radius 2 is 1.76 bits per heavy atom. The van der Waals surface area contributed by atoms with Crippen LogP contribution in [0.25, 0.3) is 0 Å². The van der Waals surface area contributed by atoms with Gasteiger partial charge in [-0.2, -0.15) is 0 Å². The van der Waals surface area contributed by atoms with Gasteiger partial charge < -0.3 is 9.52 Å². The van der Waals surface area contributed by atoms with E-state index in [9.17, 15) is 13.9 Å². The lowest BCUT2D eigenvalue weighted by atomic mass is 10.1. The molecular weight excluding hydrogens is 362 g/mol. The second-order valence-corrected chi connectivity index (χ2v) is 4.88. The normalized spacial score (nSPS) is 12.8. The highest BCUT2D eigenvalue weighted by Crippen LogP contribution is 2.34. The molecule has 0 radical (unpaired) electrons. The zero-order valence-corrected chi connectivity index (χ0v) is 11.4. The van der Waals surface area contributed by atoms with Gasteiger partial charge >= 0.3 is 0 Å². The van der Waals surface area contributed by atoms with Crippen molar-refractivity contribution in [3.63, 3.8) is 0 Å². The standard InChI is InChI=1S/C11H6Br2F2O2/c12-5-4-8(17-11(5)13)10(16)9-6(14)2-1-3-7(9)15/h1-4,10,16H. The summed E-state index contributed by atoms with van der Waals surface area (Å²) < 4.78 is 32.9. The Kier molecular flexibility index (Phi) is 3.65. The van der Waals surface area contributed by atoms with Gasteiger partial charge in [0.1, 0.15) is 23.5 Å². The monoisotopic (exact) mass is 366 g/mol. The molecule has 0 bridgehead atoms. The average Bonchev–Trinajstić information content (AvgIpc) is 2.59. The number of benzene rings is 1. The van der Waals surface area contributed by atoms with Crippen molar-refractivity contribution >= 4 is 31.9 Å². The molecule has 2 aromatic rings. The van der Waals surface area contributed by atoms with Gasteiger partial charge in [-0.15, -0.1) is 0 Å². The molecule has 1 atom stereocenters. The Balaban J connectivity index is 2.47. The maximum Gasteiger partial charge on any atom is 0.183 e. The summed E-state index contributed by atoms with van der Waals surface area (Å²) in [6.07, 6.45) is -1.49. The molecule has 2 nitrogen and oxygen atoms in total. The second kappa shape index (κ2) is 4.88. The molecule has 17 heavy (non-hydrogen) atoms. The zero-order valence-electron chi connectivity index (χ0n) is 8.25. The van der Waals surface area contributed by atoms with E-state index in [0.29, 0.717) is 9.14 Å². The highest BCUT2D eigenvalue weighted by Gasteiger charge is 2.23. The summed E-state index contributed by atoms with van der Waals surface area (Å²) in [5.41, 5.74) is -0.429. The van der Waals surface area contributed by atoms with Crippen molar-refractivity contribution < 1.29 is 18.3 Å². The van der Waals surface area contributed by atoms with Crippen molar-refractivity contribution in [1.82, 2.24) is 0 Å². The Morgan fingerprint density at radius 3 is 2.24 bits per heavy atom. The van der Waals surface area contributed by atoms with Gasteiger partial charge in [-0.25, -0.2) is 8.78 Å². The van der Waals surface area contributed by atoms with Crippen molar-refractivity contribution in [3.05, 3.63) is 56.4 Å². The molecule has 0 spiro atoms. The van der Waals surface area contributed by atoms with Gasteiger partial charge in [0, 0.05) is 0 Å². The first-order valence-corrected chi connectivity index (χ1v) is 6.16. The van der Waals surface area contributed by atoms with Gasteiger partial charge in [0.15, 0.2) is 4.67 Å². The third kappa shape index (κ3) is 2.43. The summed E-state index contributed by atoms with van der Waals surface area (Å²) in [4.78, 5) is 0. The van der Waals surface area contributed by atoms with E-state index >= 15 is 0 Å².